The monoisotopic (exact) mass is 288 g/mol. The Kier molecular flexibility index (Phi) is 4.61. The van der Waals surface area contributed by atoms with E-state index in [9.17, 15) is 4.79 Å². The molecule has 0 saturated carbocycles. The highest BCUT2D eigenvalue weighted by atomic mass is 16.5. The molecule has 0 aliphatic rings. The van der Waals surface area contributed by atoms with Gasteiger partial charge < -0.3 is 19.9 Å². The van der Waals surface area contributed by atoms with Gasteiger partial charge in [-0.15, -0.1) is 0 Å². The van der Waals surface area contributed by atoms with Crippen molar-refractivity contribution >= 4 is 11.7 Å². The molecule has 0 aliphatic heterocycles. The van der Waals surface area contributed by atoms with Gasteiger partial charge in [-0.3, -0.25) is 0 Å². The van der Waals surface area contributed by atoms with Crippen LogP contribution in [0, 0.1) is 0 Å². The zero-order valence-electron chi connectivity index (χ0n) is 11.8. The number of carbonyl (C=O) groups is 1. The van der Waals surface area contributed by atoms with Crippen LogP contribution in [0.4, 0.5) is 5.69 Å². The zero-order chi connectivity index (χ0) is 15.2. The first-order valence-corrected chi connectivity index (χ1v) is 6.38. The lowest BCUT2D eigenvalue weighted by molar-refractivity contribution is 0.0526. The van der Waals surface area contributed by atoms with Crippen LogP contribution in [0.2, 0.25) is 0 Å². The average molecular weight is 288 g/mol. The largest absolute Gasteiger partial charge is 0.493 e. The zero-order valence-corrected chi connectivity index (χ0v) is 11.8. The fourth-order valence-corrected chi connectivity index (χ4v) is 1.66. The topological polar surface area (TPSA) is 83.7 Å². The number of nitrogen functional groups attached to an aromatic ring is 1. The second kappa shape index (κ2) is 6.60. The SMILES string of the molecule is CCOC(=O)c1ccc(Oc2cc(N)ccc2OC)nc1. The summed E-state index contributed by atoms with van der Waals surface area (Å²) in [5.41, 5.74) is 6.63. The van der Waals surface area contributed by atoms with Gasteiger partial charge in [0.05, 0.1) is 19.3 Å². The molecule has 6 heteroatoms. The number of hydrogen-bond donors (Lipinski definition) is 1. The molecule has 0 saturated heterocycles. The molecule has 2 rings (SSSR count). The summed E-state index contributed by atoms with van der Waals surface area (Å²) in [6.45, 7) is 2.06. The minimum atomic E-state index is -0.418. The van der Waals surface area contributed by atoms with Crippen LogP contribution >= 0.6 is 0 Å². The Hall–Kier alpha value is -2.76. The van der Waals surface area contributed by atoms with Gasteiger partial charge in [0.25, 0.3) is 0 Å². The van der Waals surface area contributed by atoms with E-state index in [0.717, 1.165) is 0 Å². The van der Waals surface area contributed by atoms with Crippen molar-refractivity contribution in [3.05, 3.63) is 42.1 Å². The van der Waals surface area contributed by atoms with Crippen molar-refractivity contribution in [2.45, 2.75) is 6.92 Å². The first-order chi connectivity index (χ1) is 10.1. The van der Waals surface area contributed by atoms with Crippen LogP contribution in [0.3, 0.4) is 0 Å². The van der Waals surface area contributed by atoms with Crippen LogP contribution in [-0.4, -0.2) is 24.7 Å². The van der Waals surface area contributed by atoms with Crippen molar-refractivity contribution in [3.63, 3.8) is 0 Å². The van der Waals surface area contributed by atoms with Crippen LogP contribution in [0.1, 0.15) is 17.3 Å². The van der Waals surface area contributed by atoms with Crippen LogP contribution < -0.4 is 15.2 Å². The number of ether oxygens (including phenoxy) is 3. The third-order valence-corrected chi connectivity index (χ3v) is 2.65. The van der Waals surface area contributed by atoms with E-state index >= 15 is 0 Å². The van der Waals surface area contributed by atoms with Crippen molar-refractivity contribution in [2.75, 3.05) is 19.5 Å². The lowest BCUT2D eigenvalue weighted by Gasteiger charge is -2.10. The van der Waals surface area contributed by atoms with Gasteiger partial charge in [0.2, 0.25) is 5.88 Å². The highest BCUT2D eigenvalue weighted by molar-refractivity contribution is 5.89. The maximum absolute atomic E-state index is 11.5. The normalized spacial score (nSPS) is 10.0. The lowest BCUT2D eigenvalue weighted by atomic mass is 10.3. The molecule has 0 atom stereocenters. The van der Waals surface area contributed by atoms with Crippen LogP contribution in [-0.2, 0) is 4.74 Å². The van der Waals surface area contributed by atoms with Gasteiger partial charge >= 0.3 is 5.97 Å². The van der Waals surface area contributed by atoms with E-state index in [2.05, 4.69) is 4.98 Å². The maximum Gasteiger partial charge on any atom is 0.339 e. The molecular formula is C15H16N2O4. The maximum atomic E-state index is 11.5. The fourth-order valence-electron chi connectivity index (χ4n) is 1.66. The van der Waals surface area contributed by atoms with Crippen molar-refractivity contribution < 1.29 is 19.0 Å². The predicted octanol–water partition coefficient (Wildman–Crippen LogP) is 2.64. The second-order valence-corrected chi connectivity index (χ2v) is 4.12. The summed E-state index contributed by atoms with van der Waals surface area (Å²) in [7, 11) is 1.54. The van der Waals surface area contributed by atoms with Gasteiger partial charge in [0.15, 0.2) is 11.5 Å². The molecule has 1 heterocycles. The molecule has 1 aromatic heterocycles. The van der Waals surface area contributed by atoms with Crippen molar-refractivity contribution in [2.24, 2.45) is 0 Å². The Morgan fingerprint density at radius 3 is 2.67 bits per heavy atom. The number of carbonyl (C=O) groups excluding carboxylic acids is 1. The predicted molar refractivity (Wildman–Crippen MR) is 77.7 cm³/mol. The van der Waals surface area contributed by atoms with Gasteiger partial charge in [-0.2, -0.15) is 0 Å². The third kappa shape index (κ3) is 3.62. The van der Waals surface area contributed by atoms with E-state index in [-0.39, 0.29) is 0 Å². The van der Waals surface area contributed by atoms with E-state index in [0.29, 0.717) is 35.2 Å². The van der Waals surface area contributed by atoms with Crippen LogP contribution in [0.5, 0.6) is 17.4 Å². The summed E-state index contributed by atoms with van der Waals surface area (Å²) >= 11 is 0. The van der Waals surface area contributed by atoms with Gasteiger partial charge in [-0.25, -0.2) is 9.78 Å². The summed E-state index contributed by atoms with van der Waals surface area (Å²) in [5.74, 6) is 0.902. The summed E-state index contributed by atoms with van der Waals surface area (Å²) in [4.78, 5) is 15.6. The molecule has 6 nitrogen and oxygen atoms in total. The Bertz CT molecular complexity index is 626. The highest BCUT2D eigenvalue weighted by Gasteiger charge is 2.10. The first kappa shape index (κ1) is 14.6. The number of aromatic nitrogens is 1. The van der Waals surface area contributed by atoms with Crippen molar-refractivity contribution in [1.82, 2.24) is 4.98 Å². The summed E-state index contributed by atoms with van der Waals surface area (Å²) in [6.07, 6.45) is 1.39. The molecule has 0 amide bonds. The summed E-state index contributed by atoms with van der Waals surface area (Å²) in [5, 5.41) is 0. The number of methoxy groups -OCH3 is 1. The second-order valence-electron chi connectivity index (χ2n) is 4.12. The van der Waals surface area contributed by atoms with E-state index in [1.54, 1.807) is 37.3 Å². The van der Waals surface area contributed by atoms with Crippen LogP contribution in [0.15, 0.2) is 36.5 Å². The number of hydrogen-bond acceptors (Lipinski definition) is 6. The Balaban J connectivity index is 2.17. The molecule has 110 valence electrons. The Morgan fingerprint density at radius 2 is 2.05 bits per heavy atom. The number of nitrogens with two attached hydrogens (primary N) is 1. The first-order valence-electron chi connectivity index (χ1n) is 6.38. The number of benzene rings is 1. The molecule has 21 heavy (non-hydrogen) atoms. The van der Waals surface area contributed by atoms with Crippen molar-refractivity contribution in [3.8, 4) is 17.4 Å². The van der Waals surface area contributed by atoms with Crippen LogP contribution in [0.25, 0.3) is 0 Å². The molecule has 0 aliphatic carbocycles. The summed E-state index contributed by atoms with van der Waals surface area (Å²) in [6, 6.07) is 8.22. The lowest BCUT2D eigenvalue weighted by Crippen LogP contribution is -2.05. The average Bonchev–Trinajstić information content (AvgIpc) is 2.48. The molecule has 0 spiro atoms. The highest BCUT2D eigenvalue weighted by Crippen LogP contribution is 2.32. The number of esters is 1. The fraction of sp³-hybridized carbons (Fsp3) is 0.200. The molecule has 0 radical (unpaired) electrons. The standard InChI is InChI=1S/C15H16N2O4/c1-3-20-15(18)10-4-7-14(17-9-10)21-13-8-11(16)5-6-12(13)19-2/h4-9H,3,16H2,1-2H3. The molecule has 0 fully saturated rings. The Labute approximate surface area is 122 Å². The number of nitrogens with zero attached hydrogens (tertiary/aromatic N) is 1. The van der Waals surface area contributed by atoms with E-state index in [4.69, 9.17) is 19.9 Å². The number of anilines is 1. The minimum Gasteiger partial charge on any atom is -0.493 e. The van der Waals surface area contributed by atoms with E-state index in [1.807, 2.05) is 0 Å². The van der Waals surface area contributed by atoms with E-state index in [1.165, 1.54) is 13.3 Å². The molecule has 2 aromatic rings. The van der Waals surface area contributed by atoms with Crippen molar-refractivity contribution in [1.29, 1.82) is 0 Å². The Morgan fingerprint density at radius 1 is 1.24 bits per heavy atom. The molecule has 0 bridgehead atoms. The van der Waals surface area contributed by atoms with Gasteiger partial charge in [-0.1, -0.05) is 0 Å². The minimum absolute atomic E-state index is 0.317. The number of rotatable bonds is 5. The van der Waals surface area contributed by atoms with E-state index < -0.39 is 5.97 Å². The molecule has 2 N–H and O–H groups in total. The molecule has 1 aromatic carbocycles. The number of pyridine rings is 1. The smallest absolute Gasteiger partial charge is 0.339 e. The summed E-state index contributed by atoms with van der Waals surface area (Å²) < 4.78 is 15.7. The molecular weight excluding hydrogens is 272 g/mol. The third-order valence-electron chi connectivity index (χ3n) is 2.65. The van der Waals surface area contributed by atoms with Gasteiger partial charge in [-0.05, 0) is 25.1 Å². The quantitative estimate of drug-likeness (QED) is 0.672. The van der Waals surface area contributed by atoms with Gasteiger partial charge in [0, 0.05) is 24.0 Å². The van der Waals surface area contributed by atoms with Gasteiger partial charge in [0.1, 0.15) is 0 Å². The molecule has 0 unspecified atom stereocenters.